The van der Waals surface area contributed by atoms with Crippen LogP contribution in [0.2, 0.25) is 5.02 Å². The number of benzene rings is 3. The average molecular weight is 543 g/mol. The van der Waals surface area contributed by atoms with Crippen LogP contribution in [0.5, 0.6) is 5.75 Å². The first-order valence-electron chi connectivity index (χ1n) is 12.2. The largest absolute Gasteiger partial charge is 0.481 e. The van der Waals surface area contributed by atoms with E-state index < -0.39 is 5.97 Å². The maximum Gasteiger partial charge on any atom is 0.343 e. The fourth-order valence-electron chi connectivity index (χ4n) is 5.04. The van der Waals surface area contributed by atoms with Gasteiger partial charge in [-0.3, -0.25) is 9.36 Å². The molecule has 0 radical (unpaired) electrons. The highest BCUT2D eigenvalue weighted by atomic mass is 35.5. The highest BCUT2D eigenvalue weighted by Gasteiger charge is 2.32. The van der Waals surface area contributed by atoms with Crippen molar-refractivity contribution >= 4 is 40.7 Å². The molecule has 4 aromatic rings. The highest BCUT2D eigenvalue weighted by Crippen LogP contribution is 2.41. The molecular weight excluding hydrogens is 520 g/mol. The van der Waals surface area contributed by atoms with Crippen molar-refractivity contribution in [2.45, 2.75) is 18.9 Å². The Balaban J connectivity index is 1.53. The third-order valence-electron chi connectivity index (χ3n) is 6.84. The van der Waals surface area contributed by atoms with Crippen LogP contribution in [0.4, 0.5) is 0 Å². The summed E-state index contributed by atoms with van der Waals surface area (Å²) in [6, 6.07) is 23.0. The zero-order valence-corrected chi connectivity index (χ0v) is 22.1. The van der Waals surface area contributed by atoms with Crippen molar-refractivity contribution in [2.75, 3.05) is 13.7 Å². The van der Waals surface area contributed by atoms with Crippen LogP contribution in [0, 0.1) is 0 Å². The molecule has 0 N–H and O–H groups in total. The van der Waals surface area contributed by atoms with E-state index in [1.165, 1.54) is 24.0 Å². The third kappa shape index (κ3) is 4.38. The lowest BCUT2D eigenvalue weighted by molar-refractivity contribution is -0.142. The van der Waals surface area contributed by atoms with E-state index in [2.05, 4.69) is 22.9 Å². The molecule has 0 amide bonds. The van der Waals surface area contributed by atoms with Crippen LogP contribution in [0.1, 0.15) is 34.7 Å². The standard InChI is InChI=1S/C30H23ClN2O4S/c1-36-26(34)17-37-24-9-5-3-7-20(24)16-25-29(35)33-28(19-10-13-21(31)14-11-19)23-15-12-18-6-2-4-8-22(18)27(23)32-30(33)38-25/h2-11,13-14,16,28H,12,15,17H2,1H3. The number of nitrogens with zero attached hydrogens (tertiary/aromatic N) is 2. The molecule has 38 heavy (non-hydrogen) atoms. The molecule has 0 fully saturated rings. The van der Waals surface area contributed by atoms with E-state index in [0.29, 0.717) is 25.7 Å². The van der Waals surface area contributed by atoms with Crippen molar-refractivity contribution in [3.8, 4) is 5.75 Å². The van der Waals surface area contributed by atoms with Gasteiger partial charge in [0.25, 0.3) is 5.56 Å². The van der Waals surface area contributed by atoms with Crippen molar-refractivity contribution in [1.82, 2.24) is 4.57 Å². The van der Waals surface area contributed by atoms with E-state index in [1.54, 1.807) is 16.7 Å². The summed E-state index contributed by atoms with van der Waals surface area (Å²) >= 11 is 7.55. The first kappa shape index (κ1) is 24.4. The number of rotatable bonds is 5. The Morgan fingerprint density at radius 3 is 2.66 bits per heavy atom. The number of ether oxygens (including phenoxy) is 2. The summed E-state index contributed by atoms with van der Waals surface area (Å²) in [7, 11) is 1.31. The molecule has 1 atom stereocenters. The van der Waals surface area contributed by atoms with Gasteiger partial charge in [-0.2, -0.15) is 0 Å². The number of aromatic nitrogens is 1. The summed E-state index contributed by atoms with van der Waals surface area (Å²) in [6.07, 6.45) is 3.51. The van der Waals surface area contributed by atoms with Crippen LogP contribution < -0.4 is 19.6 Å². The van der Waals surface area contributed by atoms with Gasteiger partial charge in [0.15, 0.2) is 11.4 Å². The van der Waals surface area contributed by atoms with Gasteiger partial charge in [0, 0.05) is 16.1 Å². The maximum absolute atomic E-state index is 13.9. The number of para-hydroxylation sites is 1. The fraction of sp³-hybridized carbons (Fsp3) is 0.167. The molecule has 2 aliphatic rings. The first-order chi connectivity index (χ1) is 18.5. The minimum atomic E-state index is -0.479. The van der Waals surface area contributed by atoms with E-state index >= 15 is 0 Å². The molecule has 1 aliphatic carbocycles. The zero-order valence-electron chi connectivity index (χ0n) is 20.5. The lowest BCUT2D eigenvalue weighted by Gasteiger charge is -2.30. The molecule has 0 saturated carbocycles. The summed E-state index contributed by atoms with van der Waals surface area (Å²) in [4.78, 5) is 31.2. The van der Waals surface area contributed by atoms with Crippen LogP contribution in [0.15, 0.2) is 88.2 Å². The lowest BCUT2D eigenvalue weighted by Crippen LogP contribution is -2.38. The second-order valence-corrected chi connectivity index (χ2v) is 10.5. The van der Waals surface area contributed by atoms with Crippen LogP contribution in [0.3, 0.4) is 0 Å². The van der Waals surface area contributed by atoms with Crippen LogP contribution >= 0.6 is 22.9 Å². The summed E-state index contributed by atoms with van der Waals surface area (Å²) in [5.41, 5.74) is 6.02. The zero-order chi connectivity index (χ0) is 26.2. The minimum Gasteiger partial charge on any atom is -0.481 e. The van der Waals surface area contributed by atoms with Crippen LogP contribution in [0.25, 0.3) is 11.8 Å². The molecule has 8 heteroatoms. The number of hydrogen-bond acceptors (Lipinski definition) is 6. The van der Waals surface area contributed by atoms with E-state index in [0.717, 1.165) is 35.2 Å². The van der Waals surface area contributed by atoms with E-state index in [-0.39, 0.29) is 18.2 Å². The maximum atomic E-state index is 13.9. The molecule has 0 spiro atoms. The van der Waals surface area contributed by atoms with E-state index in [4.69, 9.17) is 21.3 Å². The smallest absolute Gasteiger partial charge is 0.343 e. The number of fused-ring (bicyclic) bond motifs is 3. The number of aryl methyl sites for hydroxylation is 1. The molecule has 6 rings (SSSR count). The Morgan fingerprint density at radius 2 is 1.84 bits per heavy atom. The van der Waals surface area contributed by atoms with Crippen molar-refractivity contribution in [2.24, 2.45) is 4.99 Å². The number of esters is 1. The highest BCUT2D eigenvalue weighted by molar-refractivity contribution is 7.07. The van der Waals surface area contributed by atoms with Gasteiger partial charge >= 0.3 is 5.97 Å². The van der Waals surface area contributed by atoms with Crippen LogP contribution in [-0.4, -0.2) is 24.3 Å². The van der Waals surface area contributed by atoms with Gasteiger partial charge in [-0.25, -0.2) is 9.79 Å². The summed E-state index contributed by atoms with van der Waals surface area (Å²) in [5, 5.41) is 0.646. The number of thiazole rings is 1. The summed E-state index contributed by atoms with van der Waals surface area (Å²) in [5.74, 6) is 0.0132. The number of carbonyl (C=O) groups is 1. The molecule has 190 valence electrons. The van der Waals surface area contributed by atoms with Gasteiger partial charge in [-0.15, -0.1) is 0 Å². The minimum absolute atomic E-state index is 0.123. The van der Waals surface area contributed by atoms with Gasteiger partial charge in [0.05, 0.1) is 23.4 Å². The summed E-state index contributed by atoms with van der Waals surface area (Å²) in [6.45, 7) is -0.217. The van der Waals surface area contributed by atoms with Gasteiger partial charge < -0.3 is 9.47 Å². The van der Waals surface area contributed by atoms with E-state index in [1.807, 2.05) is 48.5 Å². The first-order valence-corrected chi connectivity index (χ1v) is 13.4. The number of halogens is 1. The predicted octanol–water partition coefficient (Wildman–Crippen LogP) is 4.52. The number of allylic oxidation sites excluding steroid dienone is 1. The second-order valence-electron chi connectivity index (χ2n) is 9.07. The molecule has 1 aromatic heterocycles. The van der Waals surface area contributed by atoms with Crippen molar-refractivity contribution in [3.63, 3.8) is 0 Å². The quantitative estimate of drug-likeness (QED) is 0.348. The average Bonchev–Trinajstić information content (AvgIpc) is 3.26. The Bertz CT molecular complexity index is 1770. The molecule has 0 saturated heterocycles. The Morgan fingerprint density at radius 1 is 1.08 bits per heavy atom. The normalized spacial score (nSPS) is 16.3. The Hall–Kier alpha value is -3.94. The van der Waals surface area contributed by atoms with Crippen molar-refractivity contribution < 1.29 is 14.3 Å². The van der Waals surface area contributed by atoms with E-state index in [9.17, 15) is 9.59 Å². The number of hydrogen-bond donors (Lipinski definition) is 0. The monoisotopic (exact) mass is 542 g/mol. The Kier molecular flexibility index (Phi) is 6.47. The topological polar surface area (TPSA) is 69.9 Å². The molecule has 3 aromatic carbocycles. The van der Waals surface area contributed by atoms with Gasteiger partial charge in [0.1, 0.15) is 5.75 Å². The number of methoxy groups -OCH3 is 1. The van der Waals surface area contributed by atoms with Gasteiger partial charge in [-0.1, -0.05) is 77.5 Å². The molecule has 0 bridgehead atoms. The van der Waals surface area contributed by atoms with Crippen molar-refractivity contribution in [3.05, 3.63) is 125 Å². The lowest BCUT2D eigenvalue weighted by atomic mass is 9.83. The molecule has 2 heterocycles. The molecule has 1 aliphatic heterocycles. The second kappa shape index (κ2) is 10.1. The molecule has 6 nitrogen and oxygen atoms in total. The van der Waals surface area contributed by atoms with Gasteiger partial charge in [-0.05, 0) is 53.8 Å². The third-order valence-corrected chi connectivity index (χ3v) is 8.07. The number of carbonyl (C=O) groups excluding carboxylic acids is 1. The van der Waals surface area contributed by atoms with Gasteiger partial charge in [0.2, 0.25) is 0 Å². The predicted molar refractivity (Wildman–Crippen MR) is 148 cm³/mol. The SMILES string of the molecule is COC(=O)COc1ccccc1C=c1sc2n(c1=O)C(c1ccc(Cl)cc1)C1=C(N=2)c2ccccc2CC1. The van der Waals surface area contributed by atoms with Crippen molar-refractivity contribution in [1.29, 1.82) is 0 Å². The fourth-order valence-corrected chi connectivity index (χ4v) is 6.15. The Labute approximate surface area is 227 Å². The molecule has 1 unspecified atom stereocenters. The van der Waals surface area contributed by atoms with Crippen LogP contribution in [-0.2, 0) is 16.0 Å². The summed E-state index contributed by atoms with van der Waals surface area (Å²) < 4.78 is 12.7. The molecular formula is C30H23ClN2O4S.